The smallest absolute Gasteiger partial charge is 0.251 e. The second-order valence-corrected chi connectivity index (χ2v) is 6.37. The maximum absolute atomic E-state index is 12.3. The summed E-state index contributed by atoms with van der Waals surface area (Å²) in [5, 5.41) is 15.2. The number of anilines is 1. The fourth-order valence-electron chi connectivity index (χ4n) is 2.87. The van der Waals surface area contributed by atoms with Crippen molar-refractivity contribution in [3.05, 3.63) is 58.8 Å². The number of hydrogen-bond acceptors (Lipinski definition) is 5. The van der Waals surface area contributed by atoms with Crippen molar-refractivity contribution in [2.75, 3.05) is 18.5 Å². The van der Waals surface area contributed by atoms with Crippen LogP contribution in [0.2, 0.25) is 0 Å². The van der Waals surface area contributed by atoms with Gasteiger partial charge in [-0.3, -0.25) is 4.79 Å². The molecule has 2 heterocycles. The number of pyridine rings is 1. The van der Waals surface area contributed by atoms with E-state index < -0.39 is 0 Å². The molecule has 0 bridgehead atoms. The molecule has 2 aromatic rings. The van der Waals surface area contributed by atoms with Crippen LogP contribution in [-0.2, 0) is 11.3 Å². The number of amides is 1. The molecule has 1 aromatic heterocycles. The number of carbonyl (C=O) groups is 1. The standard InChI is InChI=1S/C20H22N4O2/c1-14-7-8-19(24-18(14)11-21)22-12-15-4-2-5-16(10-15)20(25)23-13-17-6-3-9-26-17/h2,4-5,7-8,10,17H,3,6,9,12-13H2,1H3,(H,22,24)(H,23,25). The lowest BCUT2D eigenvalue weighted by molar-refractivity contribution is 0.0857. The van der Waals surface area contributed by atoms with E-state index in [2.05, 4.69) is 21.7 Å². The molecule has 0 radical (unpaired) electrons. The third kappa shape index (κ3) is 4.58. The Morgan fingerprint density at radius 1 is 1.38 bits per heavy atom. The maximum atomic E-state index is 12.3. The molecule has 0 spiro atoms. The van der Waals surface area contributed by atoms with Gasteiger partial charge in [0.2, 0.25) is 0 Å². The predicted octanol–water partition coefficient (Wildman–Crippen LogP) is 2.78. The fraction of sp³-hybridized carbons (Fsp3) is 0.350. The number of hydrogen-bond donors (Lipinski definition) is 2. The summed E-state index contributed by atoms with van der Waals surface area (Å²) < 4.78 is 5.52. The van der Waals surface area contributed by atoms with E-state index in [1.165, 1.54) is 0 Å². The first-order valence-corrected chi connectivity index (χ1v) is 8.76. The molecule has 2 N–H and O–H groups in total. The Labute approximate surface area is 153 Å². The average Bonchev–Trinajstić information content (AvgIpc) is 3.19. The number of nitrogens with one attached hydrogen (secondary N) is 2. The number of ether oxygens (including phenoxy) is 1. The summed E-state index contributed by atoms with van der Waals surface area (Å²) in [5.41, 5.74) is 2.85. The summed E-state index contributed by atoms with van der Waals surface area (Å²) in [4.78, 5) is 16.6. The van der Waals surface area contributed by atoms with Crippen LogP contribution < -0.4 is 10.6 Å². The summed E-state index contributed by atoms with van der Waals surface area (Å²) in [6.45, 7) is 3.70. The summed E-state index contributed by atoms with van der Waals surface area (Å²) in [7, 11) is 0. The van der Waals surface area contributed by atoms with Crippen LogP contribution in [0.1, 0.15) is 40.0 Å². The molecular formula is C20H22N4O2. The van der Waals surface area contributed by atoms with Gasteiger partial charge in [-0.1, -0.05) is 18.2 Å². The highest BCUT2D eigenvalue weighted by atomic mass is 16.5. The first-order chi connectivity index (χ1) is 12.7. The molecule has 134 valence electrons. The average molecular weight is 350 g/mol. The lowest BCUT2D eigenvalue weighted by atomic mass is 10.1. The van der Waals surface area contributed by atoms with E-state index in [1.807, 2.05) is 37.3 Å². The Hall–Kier alpha value is -2.91. The second-order valence-electron chi connectivity index (χ2n) is 6.37. The van der Waals surface area contributed by atoms with Crippen molar-refractivity contribution in [2.24, 2.45) is 0 Å². The Bertz CT molecular complexity index is 823. The van der Waals surface area contributed by atoms with Crippen molar-refractivity contribution in [1.29, 1.82) is 5.26 Å². The van der Waals surface area contributed by atoms with E-state index in [0.717, 1.165) is 30.6 Å². The minimum atomic E-state index is -0.0948. The van der Waals surface area contributed by atoms with Crippen molar-refractivity contribution in [2.45, 2.75) is 32.4 Å². The van der Waals surface area contributed by atoms with Crippen molar-refractivity contribution in [3.63, 3.8) is 0 Å². The monoisotopic (exact) mass is 350 g/mol. The van der Waals surface area contributed by atoms with Gasteiger partial charge in [-0.15, -0.1) is 0 Å². The Morgan fingerprint density at radius 2 is 2.27 bits per heavy atom. The molecule has 6 heteroatoms. The molecule has 1 aromatic carbocycles. The highest BCUT2D eigenvalue weighted by Crippen LogP contribution is 2.13. The topological polar surface area (TPSA) is 87.0 Å². The van der Waals surface area contributed by atoms with Gasteiger partial charge in [0.1, 0.15) is 17.6 Å². The Balaban J connectivity index is 1.58. The van der Waals surface area contributed by atoms with Crippen molar-refractivity contribution < 1.29 is 9.53 Å². The number of nitrogens with zero attached hydrogens (tertiary/aromatic N) is 2. The number of aryl methyl sites for hydroxylation is 1. The predicted molar refractivity (Wildman–Crippen MR) is 98.8 cm³/mol. The molecular weight excluding hydrogens is 328 g/mol. The van der Waals surface area contributed by atoms with Crippen molar-refractivity contribution >= 4 is 11.7 Å². The van der Waals surface area contributed by atoms with Gasteiger partial charge in [-0.2, -0.15) is 5.26 Å². The maximum Gasteiger partial charge on any atom is 0.251 e. The minimum Gasteiger partial charge on any atom is -0.376 e. The number of carbonyl (C=O) groups excluding carboxylic acids is 1. The molecule has 1 saturated heterocycles. The molecule has 0 saturated carbocycles. The zero-order chi connectivity index (χ0) is 18.4. The third-order valence-corrected chi connectivity index (χ3v) is 4.38. The van der Waals surface area contributed by atoms with Crippen LogP contribution in [0.3, 0.4) is 0 Å². The Morgan fingerprint density at radius 3 is 3.04 bits per heavy atom. The first-order valence-electron chi connectivity index (χ1n) is 8.76. The molecule has 0 aliphatic carbocycles. The molecule has 1 aliphatic heterocycles. The first kappa shape index (κ1) is 17.9. The summed E-state index contributed by atoms with van der Waals surface area (Å²) in [6.07, 6.45) is 2.19. The van der Waals surface area contributed by atoms with E-state index in [9.17, 15) is 4.79 Å². The van der Waals surface area contributed by atoms with Gasteiger partial charge in [0.15, 0.2) is 0 Å². The SMILES string of the molecule is Cc1ccc(NCc2cccc(C(=O)NCC3CCCO3)c2)nc1C#N. The van der Waals surface area contributed by atoms with Gasteiger partial charge < -0.3 is 15.4 Å². The summed E-state index contributed by atoms with van der Waals surface area (Å²) in [6, 6.07) is 13.3. The van der Waals surface area contributed by atoms with Gasteiger partial charge in [-0.25, -0.2) is 4.98 Å². The fourth-order valence-corrected chi connectivity index (χ4v) is 2.87. The van der Waals surface area contributed by atoms with Gasteiger partial charge in [0.25, 0.3) is 5.91 Å². The van der Waals surface area contributed by atoms with Crippen LogP contribution in [0.4, 0.5) is 5.82 Å². The quantitative estimate of drug-likeness (QED) is 0.836. The number of rotatable bonds is 6. The van der Waals surface area contributed by atoms with Crippen molar-refractivity contribution in [1.82, 2.24) is 10.3 Å². The van der Waals surface area contributed by atoms with E-state index in [-0.39, 0.29) is 12.0 Å². The van der Waals surface area contributed by atoms with E-state index in [4.69, 9.17) is 10.00 Å². The van der Waals surface area contributed by atoms with E-state index >= 15 is 0 Å². The van der Waals surface area contributed by atoms with Crippen LogP contribution in [0, 0.1) is 18.3 Å². The van der Waals surface area contributed by atoms with Crippen LogP contribution in [0.5, 0.6) is 0 Å². The molecule has 1 aliphatic rings. The van der Waals surface area contributed by atoms with Gasteiger partial charge in [0.05, 0.1) is 6.10 Å². The van der Waals surface area contributed by atoms with Crippen LogP contribution >= 0.6 is 0 Å². The zero-order valence-electron chi connectivity index (χ0n) is 14.8. The largest absolute Gasteiger partial charge is 0.376 e. The lowest BCUT2D eigenvalue weighted by Crippen LogP contribution is -2.31. The van der Waals surface area contributed by atoms with Gasteiger partial charge >= 0.3 is 0 Å². The van der Waals surface area contributed by atoms with Crippen LogP contribution in [0.25, 0.3) is 0 Å². The highest BCUT2D eigenvalue weighted by molar-refractivity contribution is 5.94. The zero-order valence-corrected chi connectivity index (χ0v) is 14.8. The molecule has 1 amide bonds. The summed E-state index contributed by atoms with van der Waals surface area (Å²) >= 11 is 0. The molecule has 26 heavy (non-hydrogen) atoms. The molecule has 6 nitrogen and oxygen atoms in total. The number of aromatic nitrogens is 1. The molecule has 3 rings (SSSR count). The minimum absolute atomic E-state index is 0.0948. The third-order valence-electron chi connectivity index (χ3n) is 4.38. The lowest BCUT2D eigenvalue weighted by Gasteiger charge is -2.12. The van der Waals surface area contributed by atoms with E-state index in [0.29, 0.717) is 30.2 Å². The number of benzene rings is 1. The number of nitriles is 1. The second kappa shape index (κ2) is 8.45. The van der Waals surface area contributed by atoms with Gasteiger partial charge in [0, 0.05) is 25.3 Å². The highest BCUT2D eigenvalue weighted by Gasteiger charge is 2.16. The molecule has 1 unspecified atom stereocenters. The van der Waals surface area contributed by atoms with Crippen LogP contribution in [0.15, 0.2) is 36.4 Å². The van der Waals surface area contributed by atoms with Gasteiger partial charge in [-0.05, 0) is 49.1 Å². The van der Waals surface area contributed by atoms with Crippen LogP contribution in [-0.4, -0.2) is 30.1 Å². The summed E-state index contributed by atoms with van der Waals surface area (Å²) in [5.74, 6) is 0.544. The van der Waals surface area contributed by atoms with Crippen molar-refractivity contribution in [3.8, 4) is 6.07 Å². The molecule has 1 atom stereocenters. The normalized spacial score (nSPS) is 16.1. The van der Waals surface area contributed by atoms with E-state index in [1.54, 1.807) is 6.07 Å². The molecule has 1 fully saturated rings. The Kier molecular flexibility index (Phi) is 5.82.